The summed E-state index contributed by atoms with van der Waals surface area (Å²) in [5.74, 6) is 0.845. The van der Waals surface area contributed by atoms with E-state index in [-0.39, 0.29) is 5.91 Å². The van der Waals surface area contributed by atoms with Gasteiger partial charge in [0.15, 0.2) is 0 Å². The number of rotatable bonds is 7. The quantitative estimate of drug-likeness (QED) is 0.806. The molecule has 1 saturated heterocycles. The molecular weight excluding hydrogens is 344 g/mol. The highest BCUT2D eigenvalue weighted by Crippen LogP contribution is 2.24. The number of benzene rings is 1. The van der Waals surface area contributed by atoms with Crippen molar-refractivity contribution in [3.63, 3.8) is 0 Å². The summed E-state index contributed by atoms with van der Waals surface area (Å²) in [7, 11) is 0. The normalized spacial score (nSPS) is 15.2. The van der Waals surface area contributed by atoms with Gasteiger partial charge < -0.3 is 14.6 Å². The van der Waals surface area contributed by atoms with Crippen molar-refractivity contribution in [1.82, 2.24) is 20.4 Å². The maximum Gasteiger partial charge on any atom is 0.227 e. The molecule has 1 fully saturated rings. The molecule has 1 amide bonds. The first-order valence-electron chi connectivity index (χ1n) is 8.36. The minimum absolute atomic E-state index is 0.0225. The predicted octanol–water partition coefficient (Wildman–Crippen LogP) is 1.77. The Morgan fingerprint density at radius 3 is 2.88 bits per heavy atom. The zero-order valence-corrected chi connectivity index (χ0v) is 14.7. The Balaban J connectivity index is 1.41. The van der Waals surface area contributed by atoms with E-state index in [1.54, 1.807) is 6.07 Å². The number of amides is 1. The number of aryl methyl sites for hydroxylation is 1. The van der Waals surface area contributed by atoms with Crippen LogP contribution in [0.15, 0.2) is 28.8 Å². The predicted molar refractivity (Wildman–Crippen MR) is 93.3 cm³/mol. The molecule has 2 heterocycles. The number of hydrogen-bond donors (Lipinski definition) is 1. The molecule has 8 heteroatoms. The van der Waals surface area contributed by atoms with Crippen molar-refractivity contribution < 1.29 is 14.1 Å². The van der Waals surface area contributed by atoms with Crippen LogP contribution in [-0.2, 0) is 16.0 Å². The van der Waals surface area contributed by atoms with Gasteiger partial charge in [0.25, 0.3) is 0 Å². The lowest BCUT2D eigenvalue weighted by atomic mass is 10.2. The smallest absolute Gasteiger partial charge is 0.227 e. The van der Waals surface area contributed by atoms with Crippen LogP contribution in [0.3, 0.4) is 0 Å². The summed E-state index contributed by atoms with van der Waals surface area (Å²) in [6, 6.07) is 7.30. The highest BCUT2D eigenvalue weighted by molar-refractivity contribution is 6.33. The van der Waals surface area contributed by atoms with Crippen LogP contribution in [0.4, 0.5) is 0 Å². The molecule has 0 radical (unpaired) electrons. The number of morpholine rings is 1. The molecule has 0 saturated carbocycles. The summed E-state index contributed by atoms with van der Waals surface area (Å²) in [5, 5.41) is 7.41. The molecule has 0 unspecified atom stereocenters. The van der Waals surface area contributed by atoms with Crippen molar-refractivity contribution in [3.8, 4) is 11.4 Å². The third-order valence-corrected chi connectivity index (χ3v) is 4.33. The van der Waals surface area contributed by atoms with Gasteiger partial charge in [0, 0.05) is 44.6 Å². The minimum atomic E-state index is -0.0225. The van der Waals surface area contributed by atoms with Gasteiger partial charge >= 0.3 is 0 Å². The zero-order valence-electron chi connectivity index (χ0n) is 13.9. The van der Waals surface area contributed by atoms with Crippen molar-refractivity contribution in [3.05, 3.63) is 35.2 Å². The van der Waals surface area contributed by atoms with E-state index in [1.807, 2.05) is 18.2 Å². The first-order chi connectivity index (χ1) is 12.2. The number of hydrogen-bond acceptors (Lipinski definition) is 6. The van der Waals surface area contributed by atoms with Gasteiger partial charge in [-0.15, -0.1) is 0 Å². The molecular formula is C17H21ClN4O3. The molecule has 1 aliphatic rings. The van der Waals surface area contributed by atoms with Gasteiger partial charge in [0.1, 0.15) is 0 Å². The first kappa shape index (κ1) is 17.8. The number of carbonyl (C=O) groups excluding carboxylic acids is 1. The fourth-order valence-corrected chi connectivity index (χ4v) is 2.82. The van der Waals surface area contributed by atoms with Crippen molar-refractivity contribution in [2.75, 3.05) is 39.4 Å². The molecule has 1 aliphatic heterocycles. The highest BCUT2D eigenvalue weighted by atomic mass is 35.5. The first-order valence-corrected chi connectivity index (χ1v) is 8.74. The summed E-state index contributed by atoms with van der Waals surface area (Å²) in [4.78, 5) is 18.5. The van der Waals surface area contributed by atoms with Crippen molar-refractivity contribution >= 4 is 17.5 Å². The number of halogens is 1. The standard InChI is InChI=1S/C17H21ClN4O3/c18-14-4-2-1-3-13(14)17-20-16(25-21-17)6-5-15(23)19-7-8-22-9-11-24-12-10-22/h1-4H,5-12H2,(H,19,23). The molecule has 0 spiro atoms. The number of ether oxygens (including phenoxy) is 1. The van der Waals surface area contributed by atoms with Crippen LogP contribution in [0, 0.1) is 0 Å². The summed E-state index contributed by atoms with van der Waals surface area (Å²) in [6.45, 7) is 4.84. The van der Waals surface area contributed by atoms with Crippen molar-refractivity contribution in [2.24, 2.45) is 0 Å². The van der Waals surface area contributed by atoms with E-state index in [1.165, 1.54) is 0 Å². The molecule has 0 aliphatic carbocycles. The van der Waals surface area contributed by atoms with Crippen LogP contribution in [0.5, 0.6) is 0 Å². The van der Waals surface area contributed by atoms with Crippen molar-refractivity contribution in [1.29, 1.82) is 0 Å². The lowest BCUT2D eigenvalue weighted by molar-refractivity contribution is -0.121. The molecule has 0 atom stereocenters. The van der Waals surface area contributed by atoms with Crippen LogP contribution in [0.1, 0.15) is 12.3 Å². The molecule has 0 bridgehead atoms. The molecule has 25 heavy (non-hydrogen) atoms. The van der Waals surface area contributed by atoms with Gasteiger partial charge in [0.05, 0.1) is 18.2 Å². The van der Waals surface area contributed by atoms with E-state index in [2.05, 4.69) is 20.4 Å². The van der Waals surface area contributed by atoms with Crippen LogP contribution >= 0.6 is 11.6 Å². The molecule has 3 rings (SSSR count). The molecule has 1 N–H and O–H groups in total. The van der Waals surface area contributed by atoms with Gasteiger partial charge in [-0.1, -0.05) is 28.9 Å². The van der Waals surface area contributed by atoms with E-state index >= 15 is 0 Å². The second-order valence-electron chi connectivity index (χ2n) is 5.80. The number of nitrogens with zero attached hydrogens (tertiary/aromatic N) is 3. The second kappa shape index (κ2) is 8.94. The number of nitrogens with one attached hydrogen (secondary N) is 1. The fourth-order valence-electron chi connectivity index (χ4n) is 2.60. The summed E-state index contributed by atoms with van der Waals surface area (Å²) in [5.41, 5.74) is 0.717. The van der Waals surface area contributed by atoms with Gasteiger partial charge in [-0.05, 0) is 12.1 Å². The van der Waals surface area contributed by atoms with Gasteiger partial charge in [0.2, 0.25) is 17.6 Å². The Kier molecular flexibility index (Phi) is 6.38. The molecule has 2 aromatic rings. The summed E-state index contributed by atoms with van der Waals surface area (Å²) >= 11 is 6.12. The van der Waals surface area contributed by atoms with E-state index < -0.39 is 0 Å². The Bertz CT molecular complexity index is 701. The average Bonchev–Trinajstić information content (AvgIpc) is 3.10. The van der Waals surface area contributed by atoms with Crippen LogP contribution in [0.25, 0.3) is 11.4 Å². The van der Waals surface area contributed by atoms with E-state index in [0.717, 1.165) is 32.8 Å². The largest absolute Gasteiger partial charge is 0.379 e. The minimum Gasteiger partial charge on any atom is -0.379 e. The Morgan fingerprint density at radius 1 is 1.28 bits per heavy atom. The van der Waals surface area contributed by atoms with Gasteiger partial charge in [-0.3, -0.25) is 9.69 Å². The van der Waals surface area contributed by atoms with Crippen LogP contribution < -0.4 is 5.32 Å². The number of carbonyl (C=O) groups is 1. The van der Waals surface area contributed by atoms with E-state index in [4.69, 9.17) is 20.9 Å². The van der Waals surface area contributed by atoms with Crippen LogP contribution in [-0.4, -0.2) is 60.3 Å². The summed E-state index contributed by atoms with van der Waals surface area (Å²) in [6.07, 6.45) is 0.716. The third kappa shape index (κ3) is 5.26. The molecule has 1 aromatic heterocycles. The van der Waals surface area contributed by atoms with E-state index in [9.17, 15) is 4.79 Å². The lowest BCUT2D eigenvalue weighted by Gasteiger charge is -2.26. The topological polar surface area (TPSA) is 80.5 Å². The lowest BCUT2D eigenvalue weighted by Crippen LogP contribution is -2.41. The third-order valence-electron chi connectivity index (χ3n) is 4.00. The zero-order chi connectivity index (χ0) is 17.5. The molecule has 1 aromatic carbocycles. The van der Waals surface area contributed by atoms with Gasteiger partial charge in [-0.2, -0.15) is 4.98 Å². The SMILES string of the molecule is O=C(CCc1nc(-c2ccccc2Cl)no1)NCCN1CCOCC1. The Hall–Kier alpha value is -1.96. The maximum atomic E-state index is 11.9. The fraction of sp³-hybridized carbons (Fsp3) is 0.471. The monoisotopic (exact) mass is 364 g/mol. The van der Waals surface area contributed by atoms with Crippen LogP contribution in [0.2, 0.25) is 5.02 Å². The summed E-state index contributed by atoms with van der Waals surface area (Å²) < 4.78 is 10.5. The second-order valence-corrected chi connectivity index (χ2v) is 6.20. The van der Waals surface area contributed by atoms with Gasteiger partial charge in [-0.25, -0.2) is 0 Å². The highest BCUT2D eigenvalue weighted by Gasteiger charge is 2.13. The average molecular weight is 365 g/mol. The molecule has 7 nitrogen and oxygen atoms in total. The Morgan fingerprint density at radius 2 is 2.08 bits per heavy atom. The van der Waals surface area contributed by atoms with E-state index in [0.29, 0.717) is 41.7 Å². The Labute approximate surface area is 151 Å². The number of aromatic nitrogens is 2. The molecule has 134 valence electrons. The van der Waals surface area contributed by atoms with Crippen molar-refractivity contribution in [2.45, 2.75) is 12.8 Å². The maximum absolute atomic E-state index is 11.9.